The van der Waals surface area contributed by atoms with Crippen LogP contribution in [-0.4, -0.2) is 5.71 Å². The number of nitrogens with zero attached hydrogens (tertiary/aromatic N) is 1. The molecule has 0 atom stereocenters. The summed E-state index contributed by atoms with van der Waals surface area (Å²) in [5.41, 5.74) is 3.37. The fourth-order valence-electron chi connectivity index (χ4n) is 0.710. The van der Waals surface area contributed by atoms with E-state index in [2.05, 4.69) is 32.3 Å². The van der Waals surface area contributed by atoms with Gasteiger partial charge in [0.05, 0.1) is 0 Å². The third-order valence-corrected chi connectivity index (χ3v) is 1.81. The average Bonchev–Trinajstić information content (AvgIpc) is 2.18. The molecule has 88 valence electrons. The van der Waals surface area contributed by atoms with Gasteiger partial charge in [0.1, 0.15) is 0 Å². The zero-order valence-corrected chi connectivity index (χ0v) is 11.4. The van der Waals surface area contributed by atoms with E-state index in [1.54, 1.807) is 0 Å². The Balaban J connectivity index is 0. The third kappa shape index (κ3) is 13.2. The van der Waals surface area contributed by atoms with Crippen LogP contribution in [0.1, 0.15) is 60.8 Å². The number of aliphatic imine (C=N–C) groups is 1. The van der Waals surface area contributed by atoms with E-state index in [1.807, 2.05) is 27.0 Å². The monoisotopic (exact) mass is 209 g/mol. The molecule has 1 nitrogen and oxygen atoms in total. The number of rotatable bonds is 4. The van der Waals surface area contributed by atoms with Crippen LogP contribution >= 0.6 is 0 Å². The molecule has 0 heterocycles. The molecule has 0 aromatic heterocycles. The summed E-state index contributed by atoms with van der Waals surface area (Å²) in [5, 5.41) is 0. The number of unbranched alkanes of at least 4 members (excludes halogenated alkanes) is 1. The van der Waals surface area contributed by atoms with Gasteiger partial charge in [-0.25, -0.2) is 0 Å². The molecule has 0 fully saturated rings. The smallest absolute Gasteiger partial charge is 0.0424 e. The third-order valence-electron chi connectivity index (χ3n) is 1.81. The van der Waals surface area contributed by atoms with Crippen LogP contribution in [0.3, 0.4) is 0 Å². The van der Waals surface area contributed by atoms with Crippen LogP contribution in [0.5, 0.6) is 0 Å². The second-order valence-electron chi connectivity index (χ2n) is 3.92. The van der Waals surface area contributed by atoms with E-state index in [4.69, 9.17) is 0 Å². The quantitative estimate of drug-likeness (QED) is 0.568. The minimum absolute atomic E-state index is 0.957. The molecule has 0 aliphatic heterocycles. The van der Waals surface area contributed by atoms with E-state index >= 15 is 0 Å². The molecule has 0 aliphatic rings. The van der Waals surface area contributed by atoms with Crippen LogP contribution in [0.15, 0.2) is 28.9 Å². The molecular formula is C14H27N. The molecule has 0 saturated carbocycles. The van der Waals surface area contributed by atoms with E-state index in [-0.39, 0.29) is 0 Å². The first-order valence-corrected chi connectivity index (χ1v) is 5.85. The second kappa shape index (κ2) is 11.2. The van der Waals surface area contributed by atoms with Gasteiger partial charge in [-0.3, -0.25) is 4.99 Å². The topological polar surface area (TPSA) is 12.4 Å². The predicted octanol–water partition coefficient (Wildman–Crippen LogP) is 5.14. The summed E-state index contributed by atoms with van der Waals surface area (Å²) in [5.74, 6) is 0. The largest absolute Gasteiger partial charge is 0.261 e. The van der Waals surface area contributed by atoms with Crippen molar-refractivity contribution in [3.8, 4) is 0 Å². The minimum Gasteiger partial charge on any atom is -0.261 e. The summed E-state index contributed by atoms with van der Waals surface area (Å²) in [7, 11) is 0. The molecule has 0 aromatic rings. The van der Waals surface area contributed by atoms with Crippen molar-refractivity contribution in [2.24, 2.45) is 4.99 Å². The van der Waals surface area contributed by atoms with Crippen molar-refractivity contribution in [1.29, 1.82) is 0 Å². The zero-order chi connectivity index (χ0) is 12.3. The van der Waals surface area contributed by atoms with Crippen LogP contribution in [0, 0.1) is 0 Å². The van der Waals surface area contributed by atoms with Crippen molar-refractivity contribution in [1.82, 2.24) is 0 Å². The zero-order valence-electron chi connectivity index (χ0n) is 11.4. The van der Waals surface area contributed by atoms with Crippen LogP contribution in [0.25, 0.3) is 0 Å². The van der Waals surface area contributed by atoms with Crippen molar-refractivity contribution in [2.75, 3.05) is 0 Å². The predicted molar refractivity (Wildman–Crippen MR) is 72.6 cm³/mol. The Morgan fingerprint density at radius 3 is 1.73 bits per heavy atom. The van der Waals surface area contributed by atoms with Gasteiger partial charge < -0.3 is 0 Å². The van der Waals surface area contributed by atoms with E-state index in [1.165, 1.54) is 18.4 Å². The van der Waals surface area contributed by atoms with Gasteiger partial charge in [-0.15, -0.1) is 0 Å². The molecule has 0 radical (unpaired) electrons. The minimum atomic E-state index is 0.957. The van der Waals surface area contributed by atoms with Crippen molar-refractivity contribution in [3.05, 3.63) is 23.9 Å². The normalized spacial score (nSPS) is 10.1. The molecule has 0 unspecified atom stereocenters. The summed E-state index contributed by atoms with van der Waals surface area (Å²) < 4.78 is 0. The van der Waals surface area contributed by atoms with Gasteiger partial charge in [0, 0.05) is 11.9 Å². The molecule has 0 rings (SSSR count). The summed E-state index contributed by atoms with van der Waals surface area (Å²) >= 11 is 0. The van der Waals surface area contributed by atoms with Crippen molar-refractivity contribution >= 4 is 5.71 Å². The molecule has 1 heteroatoms. The maximum atomic E-state index is 4.30. The molecule has 0 amide bonds. The van der Waals surface area contributed by atoms with Crippen molar-refractivity contribution in [3.63, 3.8) is 0 Å². The second-order valence-corrected chi connectivity index (χ2v) is 3.92. The Morgan fingerprint density at radius 1 is 1.07 bits per heavy atom. The lowest BCUT2D eigenvalue weighted by molar-refractivity contribution is 0.886. The number of allylic oxidation sites excluding steroid dienone is 2. The SMILES string of the molecule is C=C(C)C(CC)=NC=C(C)C.CCCC. The molecule has 0 aromatic carbocycles. The van der Waals surface area contributed by atoms with Crippen LogP contribution in [0.4, 0.5) is 0 Å². The molecule has 0 spiro atoms. The van der Waals surface area contributed by atoms with Crippen molar-refractivity contribution in [2.45, 2.75) is 60.8 Å². The number of hydrogen-bond donors (Lipinski definition) is 0. The Hall–Kier alpha value is -0.850. The van der Waals surface area contributed by atoms with Gasteiger partial charge in [0.15, 0.2) is 0 Å². The maximum Gasteiger partial charge on any atom is 0.0424 e. The van der Waals surface area contributed by atoms with E-state index < -0.39 is 0 Å². The summed E-state index contributed by atoms with van der Waals surface area (Å²) in [6.45, 7) is 16.4. The lowest BCUT2D eigenvalue weighted by Gasteiger charge is -1.98. The van der Waals surface area contributed by atoms with E-state index in [9.17, 15) is 0 Å². The highest BCUT2D eigenvalue weighted by molar-refractivity contribution is 5.99. The first-order chi connectivity index (χ1) is 6.99. The molecular weight excluding hydrogens is 182 g/mol. The fraction of sp³-hybridized carbons (Fsp3) is 0.643. The summed E-state index contributed by atoms with van der Waals surface area (Å²) in [6, 6.07) is 0. The van der Waals surface area contributed by atoms with Gasteiger partial charge in [0.2, 0.25) is 0 Å². The van der Waals surface area contributed by atoms with Crippen LogP contribution in [0.2, 0.25) is 0 Å². The van der Waals surface area contributed by atoms with Gasteiger partial charge in [-0.2, -0.15) is 0 Å². The molecule has 15 heavy (non-hydrogen) atoms. The maximum absolute atomic E-state index is 4.30. The Labute approximate surface area is 96.0 Å². The van der Waals surface area contributed by atoms with Gasteiger partial charge in [0.25, 0.3) is 0 Å². The van der Waals surface area contributed by atoms with Crippen molar-refractivity contribution < 1.29 is 0 Å². The average molecular weight is 209 g/mol. The summed E-state index contributed by atoms with van der Waals surface area (Å²) in [4.78, 5) is 4.30. The van der Waals surface area contributed by atoms with Gasteiger partial charge >= 0.3 is 0 Å². The number of hydrogen-bond acceptors (Lipinski definition) is 1. The first-order valence-electron chi connectivity index (χ1n) is 5.85. The van der Waals surface area contributed by atoms with E-state index in [0.29, 0.717) is 0 Å². The molecule has 0 aliphatic carbocycles. The van der Waals surface area contributed by atoms with Crippen LogP contribution < -0.4 is 0 Å². The standard InChI is InChI=1S/C10H17N.C4H10/c1-6-10(9(4)5)11-7-8(2)3;1-3-4-2/h7H,4,6H2,1-3,5H3;3-4H2,1-2H3. The Kier molecular flexibility index (Phi) is 12.4. The Bertz CT molecular complexity index is 215. The highest BCUT2D eigenvalue weighted by Gasteiger charge is 1.93. The molecule has 0 saturated heterocycles. The van der Waals surface area contributed by atoms with Gasteiger partial charge in [-0.1, -0.05) is 45.8 Å². The fourth-order valence-corrected chi connectivity index (χ4v) is 0.710. The molecule has 0 N–H and O–H groups in total. The highest BCUT2D eigenvalue weighted by Crippen LogP contribution is 2.00. The highest BCUT2D eigenvalue weighted by atomic mass is 14.7. The molecule has 0 bridgehead atoms. The summed E-state index contributed by atoms with van der Waals surface area (Å²) in [6.07, 6.45) is 5.48. The Morgan fingerprint density at radius 2 is 1.53 bits per heavy atom. The van der Waals surface area contributed by atoms with Crippen LogP contribution in [-0.2, 0) is 0 Å². The lowest BCUT2D eigenvalue weighted by Crippen LogP contribution is -1.95. The van der Waals surface area contributed by atoms with Gasteiger partial charge in [-0.05, 0) is 32.8 Å². The van der Waals surface area contributed by atoms with E-state index in [0.717, 1.165) is 17.7 Å². The lowest BCUT2D eigenvalue weighted by atomic mass is 10.1. The first kappa shape index (κ1) is 16.6.